The second-order valence-corrected chi connectivity index (χ2v) is 4.48. The van der Waals surface area contributed by atoms with Gasteiger partial charge >= 0.3 is 0 Å². The molecule has 0 radical (unpaired) electrons. The van der Waals surface area contributed by atoms with Gasteiger partial charge in [-0.25, -0.2) is 0 Å². The lowest BCUT2D eigenvalue weighted by atomic mass is 9.89. The van der Waals surface area contributed by atoms with Gasteiger partial charge in [-0.3, -0.25) is 4.79 Å². The number of carbonyl (C=O) groups is 1. The van der Waals surface area contributed by atoms with Crippen LogP contribution < -0.4 is 10.6 Å². The van der Waals surface area contributed by atoms with E-state index in [1.165, 1.54) is 32.1 Å². The fraction of sp³-hybridized carbons (Fsp3) is 0.917. The minimum Gasteiger partial charge on any atom is -0.355 e. The van der Waals surface area contributed by atoms with Crippen LogP contribution in [-0.2, 0) is 4.79 Å². The van der Waals surface area contributed by atoms with Crippen molar-refractivity contribution in [2.24, 2.45) is 5.92 Å². The monoisotopic (exact) mass is 212 g/mol. The molecule has 15 heavy (non-hydrogen) atoms. The third kappa shape index (κ3) is 5.78. The average Bonchev–Trinajstić information content (AvgIpc) is 2.28. The Labute approximate surface area is 93.0 Å². The topological polar surface area (TPSA) is 41.1 Å². The van der Waals surface area contributed by atoms with Gasteiger partial charge < -0.3 is 10.6 Å². The number of nitrogens with one attached hydrogen (secondary N) is 2. The molecule has 0 saturated heterocycles. The van der Waals surface area contributed by atoms with Crippen LogP contribution in [0.2, 0.25) is 0 Å². The highest BCUT2D eigenvalue weighted by molar-refractivity contribution is 5.77. The molecule has 0 spiro atoms. The van der Waals surface area contributed by atoms with Crippen LogP contribution in [0.5, 0.6) is 0 Å². The Morgan fingerprint density at radius 3 is 2.67 bits per heavy atom. The van der Waals surface area contributed by atoms with Crippen molar-refractivity contribution in [3.05, 3.63) is 0 Å². The molecule has 0 aliphatic heterocycles. The van der Waals surface area contributed by atoms with Gasteiger partial charge in [0.05, 0.1) is 6.54 Å². The first-order chi connectivity index (χ1) is 7.33. The lowest BCUT2D eigenvalue weighted by Crippen LogP contribution is -2.36. The zero-order valence-electron chi connectivity index (χ0n) is 9.85. The van der Waals surface area contributed by atoms with Gasteiger partial charge in [0.1, 0.15) is 0 Å². The van der Waals surface area contributed by atoms with Crippen LogP contribution in [-0.4, -0.2) is 25.5 Å². The molecule has 3 heteroatoms. The summed E-state index contributed by atoms with van der Waals surface area (Å²) in [5.41, 5.74) is 0. The van der Waals surface area contributed by atoms with Gasteiger partial charge in [0.2, 0.25) is 5.91 Å². The van der Waals surface area contributed by atoms with Crippen molar-refractivity contribution in [2.45, 2.75) is 45.4 Å². The van der Waals surface area contributed by atoms with Crippen molar-refractivity contribution < 1.29 is 4.79 Å². The van der Waals surface area contributed by atoms with Crippen LogP contribution in [0.25, 0.3) is 0 Å². The first kappa shape index (κ1) is 12.5. The van der Waals surface area contributed by atoms with Crippen molar-refractivity contribution in [3.8, 4) is 0 Å². The molecule has 3 nitrogen and oxygen atoms in total. The second-order valence-electron chi connectivity index (χ2n) is 4.48. The number of rotatable bonds is 6. The SMILES string of the molecule is CCCNC(=O)CNCC1CCCCC1. The van der Waals surface area contributed by atoms with Gasteiger partial charge in [-0.2, -0.15) is 0 Å². The lowest BCUT2D eigenvalue weighted by molar-refractivity contribution is -0.120. The minimum atomic E-state index is 0.132. The summed E-state index contributed by atoms with van der Waals surface area (Å²) in [6.45, 7) is 4.36. The smallest absolute Gasteiger partial charge is 0.233 e. The van der Waals surface area contributed by atoms with E-state index < -0.39 is 0 Å². The molecule has 1 aliphatic carbocycles. The van der Waals surface area contributed by atoms with Crippen LogP contribution in [0, 0.1) is 5.92 Å². The highest BCUT2D eigenvalue weighted by Gasteiger charge is 2.12. The summed E-state index contributed by atoms with van der Waals surface area (Å²) in [6.07, 6.45) is 7.82. The number of hydrogen-bond acceptors (Lipinski definition) is 2. The molecule has 0 aromatic rings. The summed E-state index contributed by atoms with van der Waals surface area (Å²) in [4.78, 5) is 11.3. The third-order valence-electron chi connectivity index (χ3n) is 3.02. The Kier molecular flexibility index (Phi) is 6.41. The summed E-state index contributed by atoms with van der Waals surface area (Å²) in [7, 11) is 0. The number of hydrogen-bond donors (Lipinski definition) is 2. The van der Waals surface area contributed by atoms with E-state index in [1.807, 2.05) is 0 Å². The molecule has 1 amide bonds. The molecular formula is C12H24N2O. The summed E-state index contributed by atoms with van der Waals surface area (Å²) >= 11 is 0. The van der Waals surface area contributed by atoms with E-state index in [9.17, 15) is 4.79 Å². The van der Waals surface area contributed by atoms with E-state index in [-0.39, 0.29) is 5.91 Å². The van der Waals surface area contributed by atoms with Gasteiger partial charge in [0.25, 0.3) is 0 Å². The quantitative estimate of drug-likeness (QED) is 0.703. The summed E-state index contributed by atoms with van der Waals surface area (Å²) in [5.74, 6) is 0.936. The van der Waals surface area contributed by atoms with Crippen molar-refractivity contribution in [2.75, 3.05) is 19.6 Å². The molecule has 1 rings (SSSR count). The van der Waals surface area contributed by atoms with Crippen LogP contribution in [0.1, 0.15) is 45.4 Å². The van der Waals surface area contributed by atoms with E-state index in [0.29, 0.717) is 6.54 Å². The van der Waals surface area contributed by atoms with Gasteiger partial charge in [0, 0.05) is 6.54 Å². The van der Waals surface area contributed by atoms with Gasteiger partial charge in [-0.1, -0.05) is 26.2 Å². The molecular weight excluding hydrogens is 188 g/mol. The van der Waals surface area contributed by atoms with E-state index in [0.717, 1.165) is 25.4 Å². The Morgan fingerprint density at radius 1 is 1.27 bits per heavy atom. The Hall–Kier alpha value is -0.570. The number of carbonyl (C=O) groups excluding carboxylic acids is 1. The molecule has 0 atom stereocenters. The number of amides is 1. The minimum absolute atomic E-state index is 0.132. The highest BCUT2D eigenvalue weighted by Crippen LogP contribution is 2.22. The standard InChI is InChI=1S/C12H24N2O/c1-2-8-14-12(15)10-13-9-11-6-4-3-5-7-11/h11,13H,2-10H2,1H3,(H,14,15). The molecule has 1 aliphatic rings. The molecule has 1 saturated carbocycles. The van der Waals surface area contributed by atoms with E-state index >= 15 is 0 Å². The Bertz CT molecular complexity index is 176. The van der Waals surface area contributed by atoms with E-state index in [1.54, 1.807) is 0 Å². The average molecular weight is 212 g/mol. The van der Waals surface area contributed by atoms with Gasteiger partial charge in [-0.15, -0.1) is 0 Å². The van der Waals surface area contributed by atoms with Crippen molar-refractivity contribution in [1.29, 1.82) is 0 Å². The fourth-order valence-corrected chi connectivity index (χ4v) is 2.11. The van der Waals surface area contributed by atoms with Crippen molar-refractivity contribution in [3.63, 3.8) is 0 Å². The normalized spacial score (nSPS) is 17.7. The molecule has 0 bridgehead atoms. The van der Waals surface area contributed by atoms with E-state index in [4.69, 9.17) is 0 Å². The first-order valence-electron chi connectivity index (χ1n) is 6.30. The molecule has 88 valence electrons. The predicted molar refractivity (Wildman–Crippen MR) is 62.7 cm³/mol. The van der Waals surface area contributed by atoms with Crippen LogP contribution >= 0.6 is 0 Å². The summed E-state index contributed by atoms with van der Waals surface area (Å²) in [5, 5.41) is 6.12. The molecule has 2 N–H and O–H groups in total. The maximum absolute atomic E-state index is 11.3. The molecule has 0 unspecified atom stereocenters. The summed E-state index contributed by atoms with van der Waals surface area (Å²) in [6, 6.07) is 0. The third-order valence-corrected chi connectivity index (χ3v) is 3.02. The lowest BCUT2D eigenvalue weighted by Gasteiger charge is -2.21. The Morgan fingerprint density at radius 2 is 2.00 bits per heavy atom. The summed E-state index contributed by atoms with van der Waals surface area (Å²) < 4.78 is 0. The molecule has 0 aromatic heterocycles. The van der Waals surface area contributed by atoms with Crippen LogP contribution in [0.15, 0.2) is 0 Å². The van der Waals surface area contributed by atoms with Crippen molar-refractivity contribution >= 4 is 5.91 Å². The van der Waals surface area contributed by atoms with Crippen LogP contribution in [0.4, 0.5) is 0 Å². The fourth-order valence-electron chi connectivity index (χ4n) is 2.11. The second kappa shape index (κ2) is 7.69. The highest BCUT2D eigenvalue weighted by atomic mass is 16.1. The maximum Gasteiger partial charge on any atom is 0.233 e. The molecule has 0 heterocycles. The van der Waals surface area contributed by atoms with E-state index in [2.05, 4.69) is 17.6 Å². The zero-order valence-corrected chi connectivity index (χ0v) is 9.85. The Balaban J connectivity index is 1.97. The van der Waals surface area contributed by atoms with Gasteiger partial charge in [-0.05, 0) is 31.7 Å². The predicted octanol–water partition coefficient (Wildman–Crippen LogP) is 1.68. The van der Waals surface area contributed by atoms with Crippen molar-refractivity contribution in [1.82, 2.24) is 10.6 Å². The first-order valence-corrected chi connectivity index (χ1v) is 6.30. The largest absolute Gasteiger partial charge is 0.355 e. The zero-order chi connectivity index (χ0) is 10.9. The maximum atomic E-state index is 11.3. The van der Waals surface area contributed by atoms with Gasteiger partial charge in [0.15, 0.2) is 0 Å². The molecule has 0 aromatic carbocycles. The molecule has 1 fully saturated rings. The van der Waals surface area contributed by atoms with Crippen LogP contribution in [0.3, 0.4) is 0 Å².